The molecule has 4 heteroatoms. The van der Waals surface area contributed by atoms with Gasteiger partial charge in [-0.25, -0.2) is 4.98 Å². The molecular weight excluding hydrogens is 330 g/mol. The van der Waals surface area contributed by atoms with Gasteiger partial charge in [-0.15, -0.1) is 0 Å². The molecule has 0 aliphatic rings. The van der Waals surface area contributed by atoms with Gasteiger partial charge in [0.1, 0.15) is 17.2 Å². The van der Waals surface area contributed by atoms with E-state index in [0.29, 0.717) is 5.02 Å². The molecule has 0 fully saturated rings. The summed E-state index contributed by atoms with van der Waals surface area (Å²) in [7, 11) is 0. The summed E-state index contributed by atoms with van der Waals surface area (Å²) in [6.07, 6.45) is 1.89. The largest absolute Gasteiger partial charge is 0.339 e. The van der Waals surface area contributed by atoms with Gasteiger partial charge in [0, 0.05) is 17.4 Å². The van der Waals surface area contributed by atoms with Crippen molar-refractivity contribution < 1.29 is 0 Å². The highest BCUT2D eigenvalue weighted by Crippen LogP contribution is 2.32. The first kappa shape index (κ1) is 15.7. The number of benzene rings is 2. The molecule has 0 spiro atoms. The molecule has 4 aromatic rings. The quantitative estimate of drug-likeness (QED) is 0.491. The van der Waals surface area contributed by atoms with Crippen molar-refractivity contribution in [2.24, 2.45) is 0 Å². The van der Waals surface area contributed by atoms with Crippen molar-refractivity contribution in [1.29, 1.82) is 0 Å². The Morgan fingerprint density at radius 2 is 1.68 bits per heavy atom. The molecule has 0 amide bonds. The van der Waals surface area contributed by atoms with E-state index in [9.17, 15) is 0 Å². The fourth-order valence-electron chi connectivity index (χ4n) is 2.89. The average molecular weight is 348 g/mol. The van der Waals surface area contributed by atoms with Gasteiger partial charge in [0.05, 0.1) is 5.02 Å². The fourth-order valence-corrected chi connectivity index (χ4v) is 3.05. The molecule has 25 heavy (non-hydrogen) atoms. The summed E-state index contributed by atoms with van der Waals surface area (Å²) in [5, 5.41) is 4.22. The van der Waals surface area contributed by atoms with Crippen LogP contribution in [-0.4, -0.2) is 9.38 Å². The summed E-state index contributed by atoms with van der Waals surface area (Å²) >= 11 is 6.22. The molecule has 2 heterocycles. The lowest BCUT2D eigenvalue weighted by Crippen LogP contribution is -1.98. The SMILES string of the molecule is Cc1ccc(-c2nc3ccc(Cl)cn3c2Nc2ccccc2C)cc1. The van der Waals surface area contributed by atoms with E-state index >= 15 is 0 Å². The van der Waals surface area contributed by atoms with Gasteiger partial charge < -0.3 is 5.32 Å². The molecule has 0 aliphatic heterocycles. The number of nitrogens with one attached hydrogen (secondary N) is 1. The van der Waals surface area contributed by atoms with Crippen LogP contribution in [0.1, 0.15) is 11.1 Å². The minimum Gasteiger partial charge on any atom is -0.339 e. The number of halogens is 1. The Morgan fingerprint density at radius 1 is 0.920 bits per heavy atom. The Labute approximate surface area is 151 Å². The molecule has 0 atom stereocenters. The highest BCUT2D eigenvalue weighted by Gasteiger charge is 2.15. The molecule has 124 valence electrons. The molecule has 4 rings (SSSR count). The van der Waals surface area contributed by atoms with Crippen LogP contribution in [0, 0.1) is 13.8 Å². The number of para-hydroxylation sites is 1. The van der Waals surface area contributed by atoms with Crippen molar-refractivity contribution in [3.8, 4) is 11.3 Å². The lowest BCUT2D eigenvalue weighted by molar-refractivity contribution is 1.18. The molecule has 3 nitrogen and oxygen atoms in total. The van der Waals surface area contributed by atoms with Crippen LogP contribution < -0.4 is 5.32 Å². The van der Waals surface area contributed by atoms with Crippen LogP contribution in [-0.2, 0) is 0 Å². The second-order valence-electron chi connectivity index (χ2n) is 6.19. The predicted octanol–water partition coefficient (Wildman–Crippen LogP) is 6.02. The Hall–Kier alpha value is -2.78. The molecule has 1 N–H and O–H groups in total. The number of rotatable bonds is 3. The van der Waals surface area contributed by atoms with Crippen molar-refractivity contribution in [2.75, 3.05) is 5.32 Å². The van der Waals surface area contributed by atoms with Gasteiger partial charge >= 0.3 is 0 Å². The van der Waals surface area contributed by atoms with Gasteiger partial charge in [-0.2, -0.15) is 0 Å². The number of hydrogen-bond donors (Lipinski definition) is 1. The second kappa shape index (κ2) is 6.26. The number of aryl methyl sites for hydroxylation is 2. The first-order valence-electron chi connectivity index (χ1n) is 8.19. The van der Waals surface area contributed by atoms with Crippen molar-refractivity contribution in [3.63, 3.8) is 0 Å². The molecule has 0 aliphatic carbocycles. The molecular formula is C21H18ClN3. The van der Waals surface area contributed by atoms with Gasteiger partial charge in [-0.3, -0.25) is 4.40 Å². The molecule has 0 saturated carbocycles. The van der Waals surface area contributed by atoms with Crippen LogP contribution in [0.2, 0.25) is 5.02 Å². The monoisotopic (exact) mass is 347 g/mol. The molecule has 2 aromatic heterocycles. The average Bonchev–Trinajstić information content (AvgIpc) is 2.95. The van der Waals surface area contributed by atoms with E-state index in [1.807, 2.05) is 34.9 Å². The highest BCUT2D eigenvalue weighted by molar-refractivity contribution is 6.30. The summed E-state index contributed by atoms with van der Waals surface area (Å²) in [4.78, 5) is 4.82. The van der Waals surface area contributed by atoms with Crippen LogP contribution in [0.15, 0.2) is 66.9 Å². The molecule has 0 bridgehead atoms. The topological polar surface area (TPSA) is 29.3 Å². The summed E-state index contributed by atoms with van der Waals surface area (Å²) in [5.41, 5.74) is 6.29. The van der Waals surface area contributed by atoms with Crippen molar-refractivity contribution in [2.45, 2.75) is 13.8 Å². The zero-order chi connectivity index (χ0) is 17.4. The smallest absolute Gasteiger partial charge is 0.143 e. The Balaban J connectivity index is 1.93. The van der Waals surface area contributed by atoms with Crippen molar-refractivity contribution in [3.05, 3.63) is 83.0 Å². The second-order valence-corrected chi connectivity index (χ2v) is 6.63. The molecule has 0 radical (unpaired) electrons. The van der Waals surface area contributed by atoms with Crippen LogP contribution in [0.25, 0.3) is 16.9 Å². The predicted molar refractivity (Wildman–Crippen MR) is 105 cm³/mol. The van der Waals surface area contributed by atoms with Gasteiger partial charge in [0.25, 0.3) is 0 Å². The summed E-state index contributed by atoms with van der Waals surface area (Å²) < 4.78 is 2.00. The highest BCUT2D eigenvalue weighted by atomic mass is 35.5. The van der Waals surface area contributed by atoms with Gasteiger partial charge in [-0.1, -0.05) is 59.6 Å². The number of anilines is 2. The van der Waals surface area contributed by atoms with Crippen LogP contribution in [0.3, 0.4) is 0 Å². The van der Waals surface area contributed by atoms with Gasteiger partial charge in [0.2, 0.25) is 0 Å². The number of imidazole rings is 1. The fraction of sp³-hybridized carbons (Fsp3) is 0.0952. The van der Waals surface area contributed by atoms with Crippen molar-refractivity contribution >= 4 is 28.8 Å². The maximum Gasteiger partial charge on any atom is 0.143 e. The number of aromatic nitrogens is 2. The summed E-state index contributed by atoms with van der Waals surface area (Å²) in [5.74, 6) is 0.913. The van der Waals surface area contributed by atoms with Crippen LogP contribution in [0.4, 0.5) is 11.5 Å². The number of fused-ring (bicyclic) bond motifs is 1. The first-order chi connectivity index (χ1) is 12.1. The molecule has 0 unspecified atom stereocenters. The third kappa shape index (κ3) is 2.99. The van der Waals surface area contributed by atoms with Gasteiger partial charge in [0.15, 0.2) is 0 Å². The Kier molecular flexibility index (Phi) is 3.94. The lowest BCUT2D eigenvalue weighted by Gasteiger charge is -2.11. The zero-order valence-electron chi connectivity index (χ0n) is 14.1. The maximum atomic E-state index is 6.22. The lowest BCUT2D eigenvalue weighted by atomic mass is 10.1. The van der Waals surface area contributed by atoms with E-state index in [1.165, 1.54) is 11.1 Å². The molecule has 2 aromatic carbocycles. The molecule has 0 saturated heterocycles. The number of pyridine rings is 1. The first-order valence-corrected chi connectivity index (χ1v) is 8.57. The van der Waals surface area contributed by atoms with E-state index in [4.69, 9.17) is 16.6 Å². The van der Waals surface area contributed by atoms with E-state index in [2.05, 4.69) is 55.6 Å². The Morgan fingerprint density at radius 3 is 2.44 bits per heavy atom. The van der Waals surface area contributed by atoms with E-state index in [1.54, 1.807) is 0 Å². The standard InChI is InChI=1S/C21H18ClN3/c1-14-7-9-16(10-8-14)20-21(23-18-6-4-3-5-15(18)2)25-13-17(22)11-12-19(25)24-20/h3-13,23H,1-2H3. The number of hydrogen-bond acceptors (Lipinski definition) is 2. The minimum absolute atomic E-state index is 0.674. The maximum absolute atomic E-state index is 6.22. The Bertz CT molecular complexity index is 1050. The van der Waals surface area contributed by atoms with E-state index < -0.39 is 0 Å². The van der Waals surface area contributed by atoms with Gasteiger partial charge in [-0.05, 0) is 37.6 Å². The summed E-state index contributed by atoms with van der Waals surface area (Å²) in [6, 6.07) is 20.4. The van der Waals surface area contributed by atoms with Crippen LogP contribution >= 0.6 is 11.6 Å². The third-order valence-electron chi connectivity index (χ3n) is 4.31. The van der Waals surface area contributed by atoms with Crippen molar-refractivity contribution in [1.82, 2.24) is 9.38 Å². The third-order valence-corrected chi connectivity index (χ3v) is 4.53. The van der Waals surface area contributed by atoms with E-state index in [-0.39, 0.29) is 0 Å². The van der Waals surface area contributed by atoms with E-state index in [0.717, 1.165) is 28.4 Å². The summed E-state index contributed by atoms with van der Waals surface area (Å²) in [6.45, 7) is 4.17. The minimum atomic E-state index is 0.674. The zero-order valence-corrected chi connectivity index (χ0v) is 14.9. The normalized spacial score (nSPS) is 11.0. The number of nitrogens with zero attached hydrogens (tertiary/aromatic N) is 2. The van der Waals surface area contributed by atoms with Crippen LogP contribution in [0.5, 0.6) is 0 Å².